The molecule has 1 aromatic rings. The highest BCUT2D eigenvalue weighted by molar-refractivity contribution is 5.84. The van der Waals surface area contributed by atoms with E-state index in [0.29, 0.717) is 18.4 Å². The predicted molar refractivity (Wildman–Crippen MR) is 105 cm³/mol. The number of likely N-dealkylation sites (tertiary alicyclic amines) is 2. The molecule has 2 amide bonds. The molecule has 1 aliphatic carbocycles. The lowest BCUT2D eigenvalue weighted by molar-refractivity contribution is -0.145. The number of hydrogen-bond donors (Lipinski definition) is 1. The second-order valence-electron chi connectivity index (χ2n) is 8.53. The van der Waals surface area contributed by atoms with Crippen molar-refractivity contribution < 1.29 is 9.59 Å². The third-order valence-electron chi connectivity index (χ3n) is 6.37. The van der Waals surface area contributed by atoms with Crippen LogP contribution in [0.5, 0.6) is 0 Å². The Labute approximate surface area is 162 Å². The highest BCUT2D eigenvalue weighted by Gasteiger charge is 2.48. The Morgan fingerprint density at radius 1 is 1.11 bits per heavy atom. The Morgan fingerprint density at radius 3 is 2.70 bits per heavy atom. The molecule has 0 radical (unpaired) electrons. The maximum absolute atomic E-state index is 13.2. The maximum Gasteiger partial charge on any atom is 0.230 e. The van der Waals surface area contributed by atoms with Crippen LogP contribution in [-0.4, -0.2) is 60.4 Å². The van der Waals surface area contributed by atoms with Gasteiger partial charge in [0.2, 0.25) is 11.8 Å². The van der Waals surface area contributed by atoms with Gasteiger partial charge in [-0.1, -0.05) is 30.3 Å². The van der Waals surface area contributed by atoms with Crippen LogP contribution in [0.25, 0.3) is 0 Å². The van der Waals surface area contributed by atoms with Crippen LogP contribution >= 0.6 is 0 Å². The first-order valence-corrected chi connectivity index (χ1v) is 10.5. The fourth-order valence-electron chi connectivity index (χ4n) is 4.59. The lowest BCUT2D eigenvalue weighted by atomic mass is 9.78. The molecule has 2 saturated heterocycles. The molecule has 1 aromatic carbocycles. The summed E-state index contributed by atoms with van der Waals surface area (Å²) in [6, 6.07) is 10.8. The lowest BCUT2D eigenvalue weighted by Crippen LogP contribution is -2.50. The van der Waals surface area contributed by atoms with Crippen molar-refractivity contribution in [1.29, 1.82) is 0 Å². The number of piperidine rings is 1. The van der Waals surface area contributed by atoms with Crippen LogP contribution in [0, 0.1) is 5.41 Å². The van der Waals surface area contributed by atoms with E-state index in [4.69, 9.17) is 0 Å². The molecular formula is C22H31N3O2. The highest BCUT2D eigenvalue weighted by Crippen LogP contribution is 2.40. The second kappa shape index (κ2) is 8.01. The van der Waals surface area contributed by atoms with Crippen LogP contribution in [0.3, 0.4) is 0 Å². The smallest absolute Gasteiger partial charge is 0.230 e. The SMILES string of the molecule is O=C(CCN1CCC2(CCCN(CCc3ccccc3)C2=O)C1)NC1CC1. The predicted octanol–water partition coefficient (Wildman–Crippen LogP) is 2.21. The van der Waals surface area contributed by atoms with E-state index in [1.54, 1.807) is 0 Å². The van der Waals surface area contributed by atoms with Gasteiger partial charge in [0, 0.05) is 38.6 Å². The highest BCUT2D eigenvalue weighted by atomic mass is 16.2. The average molecular weight is 370 g/mol. The van der Waals surface area contributed by atoms with Gasteiger partial charge < -0.3 is 15.1 Å². The Balaban J connectivity index is 1.28. The van der Waals surface area contributed by atoms with E-state index in [2.05, 4.69) is 39.4 Å². The van der Waals surface area contributed by atoms with Crippen LogP contribution in [0.15, 0.2) is 30.3 Å². The van der Waals surface area contributed by atoms with Gasteiger partial charge in [-0.2, -0.15) is 0 Å². The molecule has 4 rings (SSSR count). The van der Waals surface area contributed by atoms with Crippen LogP contribution in [0.2, 0.25) is 0 Å². The van der Waals surface area contributed by atoms with Crippen molar-refractivity contribution in [3.63, 3.8) is 0 Å². The monoisotopic (exact) mass is 369 g/mol. The number of carbonyl (C=O) groups is 2. The molecule has 1 N–H and O–H groups in total. The molecule has 5 nitrogen and oxygen atoms in total. The molecule has 1 atom stereocenters. The van der Waals surface area contributed by atoms with Crippen molar-refractivity contribution in [3.8, 4) is 0 Å². The number of nitrogens with zero attached hydrogens (tertiary/aromatic N) is 2. The van der Waals surface area contributed by atoms with Gasteiger partial charge in [-0.05, 0) is 50.6 Å². The number of benzene rings is 1. The molecule has 1 spiro atoms. The van der Waals surface area contributed by atoms with Crippen molar-refractivity contribution in [2.24, 2.45) is 5.41 Å². The number of nitrogens with one attached hydrogen (secondary N) is 1. The molecular weight excluding hydrogens is 338 g/mol. The van der Waals surface area contributed by atoms with Crippen molar-refractivity contribution in [3.05, 3.63) is 35.9 Å². The minimum Gasteiger partial charge on any atom is -0.353 e. The summed E-state index contributed by atoms with van der Waals surface area (Å²) in [4.78, 5) is 29.6. The Bertz CT molecular complexity index is 673. The van der Waals surface area contributed by atoms with E-state index in [1.165, 1.54) is 5.56 Å². The van der Waals surface area contributed by atoms with Gasteiger partial charge >= 0.3 is 0 Å². The number of rotatable bonds is 7. The first kappa shape index (κ1) is 18.5. The Hall–Kier alpha value is -1.88. The van der Waals surface area contributed by atoms with E-state index < -0.39 is 0 Å². The first-order valence-electron chi connectivity index (χ1n) is 10.5. The molecule has 3 fully saturated rings. The van der Waals surface area contributed by atoms with Gasteiger partial charge in [-0.25, -0.2) is 0 Å². The van der Waals surface area contributed by atoms with E-state index >= 15 is 0 Å². The summed E-state index contributed by atoms with van der Waals surface area (Å²) in [5.41, 5.74) is 1.08. The third kappa shape index (κ3) is 4.52. The molecule has 146 valence electrons. The van der Waals surface area contributed by atoms with E-state index in [0.717, 1.165) is 71.2 Å². The fourth-order valence-corrected chi connectivity index (χ4v) is 4.59. The van der Waals surface area contributed by atoms with Gasteiger partial charge in [-0.15, -0.1) is 0 Å². The summed E-state index contributed by atoms with van der Waals surface area (Å²) in [5, 5.41) is 3.06. The Kier molecular flexibility index (Phi) is 5.48. The summed E-state index contributed by atoms with van der Waals surface area (Å²) in [5.74, 6) is 0.507. The normalized spacial score (nSPS) is 25.9. The molecule has 3 aliphatic rings. The lowest BCUT2D eigenvalue weighted by Gasteiger charge is -2.39. The molecule has 2 heterocycles. The zero-order valence-electron chi connectivity index (χ0n) is 16.2. The van der Waals surface area contributed by atoms with Crippen LogP contribution < -0.4 is 5.32 Å². The molecule has 5 heteroatoms. The number of carbonyl (C=O) groups excluding carboxylic acids is 2. The summed E-state index contributed by atoms with van der Waals surface area (Å²) in [6.07, 6.45) is 6.77. The fraction of sp³-hybridized carbons (Fsp3) is 0.636. The molecule has 2 aliphatic heterocycles. The van der Waals surface area contributed by atoms with Crippen molar-refractivity contribution in [2.45, 2.75) is 51.0 Å². The molecule has 27 heavy (non-hydrogen) atoms. The van der Waals surface area contributed by atoms with Gasteiger partial charge in [0.15, 0.2) is 0 Å². The van der Waals surface area contributed by atoms with Crippen LogP contribution in [-0.2, 0) is 16.0 Å². The third-order valence-corrected chi connectivity index (χ3v) is 6.37. The summed E-state index contributed by atoms with van der Waals surface area (Å²) < 4.78 is 0. The van der Waals surface area contributed by atoms with Gasteiger partial charge in [0.25, 0.3) is 0 Å². The number of amides is 2. The number of hydrogen-bond acceptors (Lipinski definition) is 3. The standard InChI is InChI=1S/C22H31N3O2/c26-20(23-19-7-8-19)10-14-24-16-12-22(17-24)11-4-13-25(21(22)27)15-9-18-5-2-1-3-6-18/h1-3,5-6,19H,4,7-17H2,(H,23,26). The van der Waals surface area contributed by atoms with E-state index in [-0.39, 0.29) is 11.3 Å². The minimum absolute atomic E-state index is 0.165. The summed E-state index contributed by atoms with van der Waals surface area (Å²) in [6.45, 7) is 4.24. The summed E-state index contributed by atoms with van der Waals surface area (Å²) >= 11 is 0. The first-order chi connectivity index (χ1) is 13.1. The van der Waals surface area contributed by atoms with Gasteiger partial charge in [-0.3, -0.25) is 9.59 Å². The van der Waals surface area contributed by atoms with E-state index in [1.807, 2.05) is 6.07 Å². The van der Waals surface area contributed by atoms with Crippen LogP contribution in [0.1, 0.15) is 44.1 Å². The van der Waals surface area contributed by atoms with Crippen molar-refractivity contribution in [2.75, 3.05) is 32.7 Å². The van der Waals surface area contributed by atoms with Gasteiger partial charge in [0.1, 0.15) is 0 Å². The zero-order valence-corrected chi connectivity index (χ0v) is 16.2. The van der Waals surface area contributed by atoms with Crippen LogP contribution in [0.4, 0.5) is 0 Å². The quantitative estimate of drug-likeness (QED) is 0.802. The minimum atomic E-state index is -0.206. The van der Waals surface area contributed by atoms with Crippen molar-refractivity contribution in [1.82, 2.24) is 15.1 Å². The van der Waals surface area contributed by atoms with E-state index in [9.17, 15) is 9.59 Å². The molecule has 1 saturated carbocycles. The zero-order chi connectivity index (χ0) is 18.7. The maximum atomic E-state index is 13.2. The Morgan fingerprint density at radius 2 is 1.93 bits per heavy atom. The second-order valence-corrected chi connectivity index (χ2v) is 8.53. The topological polar surface area (TPSA) is 52.7 Å². The van der Waals surface area contributed by atoms with Crippen molar-refractivity contribution >= 4 is 11.8 Å². The average Bonchev–Trinajstić information content (AvgIpc) is 3.40. The molecule has 0 aromatic heterocycles. The largest absolute Gasteiger partial charge is 0.353 e. The van der Waals surface area contributed by atoms with Gasteiger partial charge in [0.05, 0.1) is 5.41 Å². The molecule has 1 unspecified atom stereocenters. The summed E-state index contributed by atoms with van der Waals surface area (Å²) in [7, 11) is 0. The molecule has 0 bridgehead atoms.